The van der Waals surface area contributed by atoms with Crippen molar-refractivity contribution in [2.24, 2.45) is 5.73 Å². The van der Waals surface area contributed by atoms with Gasteiger partial charge in [0.25, 0.3) is 0 Å². The van der Waals surface area contributed by atoms with Gasteiger partial charge in [0.15, 0.2) is 0 Å². The minimum Gasteiger partial charge on any atom is -0.315 e. The summed E-state index contributed by atoms with van der Waals surface area (Å²) in [4.78, 5) is 2.37. The molecule has 3 aliphatic heterocycles. The number of hydrazine groups is 2. The number of piperazine rings is 1. The SMILES string of the molecule is CC1C2=CNNN2C2CCNC(N)C2N1C. The fourth-order valence-corrected chi connectivity index (χ4v) is 3.11. The Balaban J connectivity index is 1.94. The molecule has 6 nitrogen and oxygen atoms in total. The maximum Gasteiger partial charge on any atom is 0.0728 e. The number of nitrogens with two attached hydrogens (primary N) is 1. The summed E-state index contributed by atoms with van der Waals surface area (Å²) in [5, 5.41) is 5.60. The van der Waals surface area contributed by atoms with E-state index in [-0.39, 0.29) is 6.17 Å². The summed E-state index contributed by atoms with van der Waals surface area (Å²) in [7, 11) is 2.16. The predicted octanol–water partition coefficient (Wildman–Crippen LogP) is -1.50. The summed E-state index contributed by atoms with van der Waals surface area (Å²) >= 11 is 0. The summed E-state index contributed by atoms with van der Waals surface area (Å²) in [6.07, 6.45) is 3.21. The number of hydrogen-bond acceptors (Lipinski definition) is 6. The zero-order valence-electron chi connectivity index (χ0n) is 9.77. The second-order valence-electron chi connectivity index (χ2n) is 4.86. The molecule has 3 rings (SSSR count). The van der Waals surface area contributed by atoms with E-state index in [2.05, 4.69) is 40.2 Å². The highest BCUT2D eigenvalue weighted by molar-refractivity contribution is 5.19. The number of nitrogens with zero attached hydrogens (tertiary/aromatic N) is 2. The molecule has 16 heavy (non-hydrogen) atoms. The molecule has 0 saturated carbocycles. The van der Waals surface area contributed by atoms with Crippen molar-refractivity contribution < 1.29 is 0 Å². The van der Waals surface area contributed by atoms with Gasteiger partial charge in [0.2, 0.25) is 0 Å². The van der Waals surface area contributed by atoms with E-state index in [1.165, 1.54) is 5.70 Å². The average Bonchev–Trinajstić information content (AvgIpc) is 2.74. The maximum atomic E-state index is 6.18. The molecule has 3 heterocycles. The van der Waals surface area contributed by atoms with Gasteiger partial charge in [0, 0.05) is 6.20 Å². The quantitative estimate of drug-likeness (QED) is 0.402. The van der Waals surface area contributed by atoms with Crippen molar-refractivity contribution in [3.8, 4) is 0 Å². The van der Waals surface area contributed by atoms with Gasteiger partial charge >= 0.3 is 0 Å². The lowest BCUT2D eigenvalue weighted by Crippen LogP contribution is -2.72. The van der Waals surface area contributed by atoms with Crippen LogP contribution in [0.25, 0.3) is 0 Å². The molecule has 4 unspecified atom stereocenters. The monoisotopic (exact) mass is 224 g/mol. The van der Waals surface area contributed by atoms with E-state index in [0.717, 1.165) is 13.0 Å². The van der Waals surface area contributed by atoms with Gasteiger partial charge in [0.05, 0.1) is 30.0 Å². The third-order valence-electron chi connectivity index (χ3n) is 4.11. The van der Waals surface area contributed by atoms with Crippen molar-refractivity contribution >= 4 is 0 Å². The van der Waals surface area contributed by atoms with E-state index in [0.29, 0.717) is 18.1 Å². The minimum absolute atomic E-state index is 0.0511. The summed E-state index contributed by atoms with van der Waals surface area (Å²) in [5.74, 6) is 0. The first-order valence-electron chi connectivity index (χ1n) is 5.91. The zero-order valence-corrected chi connectivity index (χ0v) is 9.77. The number of rotatable bonds is 0. The van der Waals surface area contributed by atoms with Crippen molar-refractivity contribution in [2.75, 3.05) is 13.6 Å². The first kappa shape index (κ1) is 10.3. The topological polar surface area (TPSA) is 68.6 Å². The molecule has 2 saturated heterocycles. The summed E-state index contributed by atoms with van der Waals surface area (Å²) in [6.45, 7) is 3.20. The fourth-order valence-electron chi connectivity index (χ4n) is 3.11. The Bertz CT molecular complexity index is 316. The number of piperidine rings is 1. The van der Waals surface area contributed by atoms with Gasteiger partial charge in [-0.25, -0.2) is 0 Å². The highest BCUT2D eigenvalue weighted by Gasteiger charge is 2.46. The van der Waals surface area contributed by atoms with Gasteiger partial charge in [0.1, 0.15) is 0 Å². The van der Waals surface area contributed by atoms with Gasteiger partial charge in [-0.3, -0.25) is 9.91 Å². The summed E-state index contributed by atoms with van der Waals surface area (Å²) < 4.78 is 0. The molecule has 0 bridgehead atoms. The Morgan fingerprint density at radius 2 is 2.31 bits per heavy atom. The highest BCUT2D eigenvalue weighted by atomic mass is 15.7. The molecule has 0 spiro atoms. The van der Waals surface area contributed by atoms with E-state index < -0.39 is 0 Å². The van der Waals surface area contributed by atoms with Crippen molar-refractivity contribution in [3.63, 3.8) is 0 Å². The molecular formula is C10H20N6. The van der Waals surface area contributed by atoms with Gasteiger partial charge < -0.3 is 16.5 Å². The molecule has 0 aromatic carbocycles. The highest BCUT2D eigenvalue weighted by Crippen LogP contribution is 2.31. The van der Waals surface area contributed by atoms with Crippen LogP contribution in [0.2, 0.25) is 0 Å². The summed E-state index contributed by atoms with van der Waals surface area (Å²) in [5.41, 5.74) is 13.8. The molecule has 2 fully saturated rings. The van der Waals surface area contributed by atoms with Crippen LogP contribution in [0.3, 0.4) is 0 Å². The molecule has 0 radical (unpaired) electrons. The Kier molecular flexibility index (Phi) is 2.32. The van der Waals surface area contributed by atoms with Crippen LogP contribution in [-0.4, -0.2) is 47.8 Å². The first-order chi connectivity index (χ1) is 7.70. The van der Waals surface area contributed by atoms with Gasteiger partial charge in [-0.1, -0.05) is 0 Å². The molecule has 6 heteroatoms. The Morgan fingerprint density at radius 1 is 1.50 bits per heavy atom. The van der Waals surface area contributed by atoms with E-state index in [1.807, 2.05) is 6.20 Å². The predicted molar refractivity (Wildman–Crippen MR) is 61.6 cm³/mol. The Hall–Kier alpha value is -0.820. The molecule has 90 valence electrons. The number of nitrogens with one attached hydrogen (secondary N) is 3. The average molecular weight is 224 g/mol. The molecule has 4 atom stereocenters. The molecule has 3 aliphatic rings. The Labute approximate surface area is 95.8 Å². The van der Waals surface area contributed by atoms with Crippen molar-refractivity contribution in [1.29, 1.82) is 0 Å². The molecular weight excluding hydrogens is 204 g/mol. The normalized spacial score (nSPS) is 43.4. The Morgan fingerprint density at radius 3 is 3.12 bits per heavy atom. The smallest absolute Gasteiger partial charge is 0.0728 e. The molecule has 5 N–H and O–H groups in total. The van der Waals surface area contributed by atoms with Crippen LogP contribution >= 0.6 is 0 Å². The number of hydrogen-bond donors (Lipinski definition) is 4. The lowest BCUT2D eigenvalue weighted by atomic mass is 9.90. The standard InChI is InChI=1S/C10H20N6/c1-6-8-5-13-14-16(8)7-3-4-12-10(11)9(7)15(6)2/h5-7,9-10,12-14H,3-4,11H2,1-2H3. The summed E-state index contributed by atoms with van der Waals surface area (Å²) in [6, 6.07) is 1.18. The fraction of sp³-hybridized carbons (Fsp3) is 0.800. The zero-order chi connectivity index (χ0) is 11.3. The molecule has 0 aliphatic carbocycles. The van der Waals surface area contributed by atoms with Crippen molar-refractivity contribution in [2.45, 2.75) is 37.6 Å². The lowest BCUT2D eigenvalue weighted by molar-refractivity contribution is -0.0202. The van der Waals surface area contributed by atoms with Gasteiger partial charge in [-0.2, -0.15) is 0 Å². The van der Waals surface area contributed by atoms with Gasteiger partial charge in [-0.05, 0) is 26.9 Å². The van der Waals surface area contributed by atoms with Crippen LogP contribution in [0.1, 0.15) is 13.3 Å². The maximum absolute atomic E-state index is 6.18. The molecule has 0 aromatic rings. The van der Waals surface area contributed by atoms with Crippen LogP contribution in [0.5, 0.6) is 0 Å². The van der Waals surface area contributed by atoms with E-state index in [9.17, 15) is 0 Å². The van der Waals surface area contributed by atoms with Crippen LogP contribution in [0, 0.1) is 0 Å². The minimum atomic E-state index is 0.0511. The largest absolute Gasteiger partial charge is 0.315 e. The van der Waals surface area contributed by atoms with Crippen LogP contribution in [-0.2, 0) is 0 Å². The number of fused-ring (bicyclic) bond motifs is 3. The lowest BCUT2D eigenvalue weighted by Gasteiger charge is -2.53. The van der Waals surface area contributed by atoms with Crippen LogP contribution < -0.4 is 22.0 Å². The van der Waals surface area contributed by atoms with Crippen LogP contribution in [0.15, 0.2) is 11.9 Å². The first-order valence-corrected chi connectivity index (χ1v) is 5.91. The third-order valence-corrected chi connectivity index (χ3v) is 4.11. The van der Waals surface area contributed by atoms with Gasteiger partial charge in [-0.15, -0.1) is 5.53 Å². The number of likely N-dealkylation sites (N-methyl/N-ethyl adjacent to an activating group) is 1. The van der Waals surface area contributed by atoms with E-state index in [1.54, 1.807) is 0 Å². The second kappa shape index (κ2) is 3.59. The van der Waals surface area contributed by atoms with Crippen LogP contribution in [0.4, 0.5) is 0 Å². The van der Waals surface area contributed by atoms with E-state index in [4.69, 9.17) is 5.73 Å². The third kappa shape index (κ3) is 1.27. The molecule has 0 aromatic heterocycles. The second-order valence-corrected chi connectivity index (χ2v) is 4.86. The van der Waals surface area contributed by atoms with Crippen molar-refractivity contribution in [3.05, 3.63) is 11.9 Å². The molecule has 0 amide bonds. The van der Waals surface area contributed by atoms with Crippen molar-refractivity contribution in [1.82, 2.24) is 26.2 Å². The van der Waals surface area contributed by atoms with E-state index >= 15 is 0 Å².